The average molecular weight is 670 g/mol. The van der Waals surface area contributed by atoms with E-state index in [9.17, 15) is 0 Å². The minimum Gasteiger partial charge on any atom is -0.449 e. The largest absolute Gasteiger partial charge is 0.449 e. The van der Waals surface area contributed by atoms with E-state index >= 15 is 0 Å². The zero-order valence-electron chi connectivity index (χ0n) is 29.0. The molecule has 0 amide bonds. The Balaban J connectivity index is 1.17. The SMILES string of the molecule is CC1(C)c2ccccc2-c2c(-c3ccccc3)ccc(N(c3ccc(-c4ccccc4)cc3)c3ccc4c(c3)Oc3cc5ccccc5cc3O4)c21. The van der Waals surface area contributed by atoms with Gasteiger partial charge in [-0.25, -0.2) is 0 Å². The van der Waals surface area contributed by atoms with Gasteiger partial charge in [0.15, 0.2) is 23.0 Å². The van der Waals surface area contributed by atoms with Crippen molar-refractivity contribution in [2.24, 2.45) is 0 Å². The summed E-state index contributed by atoms with van der Waals surface area (Å²) in [7, 11) is 0. The van der Waals surface area contributed by atoms with Gasteiger partial charge in [0.1, 0.15) is 0 Å². The maximum absolute atomic E-state index is 6.63. The first-order valence-electron chi connectivity index (χ1n) is 17.8. The highest BCUT2D eigenvalue weighted by Crippen LogP contribution is 2.58. The number of ether oxygens (including phenoxy) is 2. The lowest BCUT2D eigenvalue weighted by atomic mass is 9.80. The Labute approximate surface area is 304 Å². The van der Waals surface area contributed by atoms with Crippen LogP contribution in [0.1, 0.15) is 25.0 Å². The van der Waals surface area contributed by atoms with Gasteiger partial charge >= 0.3 is 0 Å². The van der Waals surface area contributed by atoms with Crippen LogP contribution in [0.3, 0.4) is 0 Å². The molecule has 10 rings (SSSR count). The Morgan fingerprint density at radius 1 is 0.423 bits per heavy atom. The predicted octanol–water partition coefficient (Wildman–Crippen LogP) is 13.8. The topological polar surface area (TPSA) is 21.7 Å². The van der Waals surface area contributed by atoms with Crippen LogP contribution >= 0.6 is 0 Å². The van der Waals surface area contributed by atoms with Crippen molar-refractivity contribution in [3.63, 3.8) is 0 Å². The Morgan fingerprint density at radius 2 is 0.981 bits per heavy atom. The lowest BCUT2D eigenvalue weighted by molar-refractivity contribution is 0.360. The standard InChI is InChI=1S/C49H35NO2/c1-49(2)41-20-12-11-19-40(41)47-39(34-15-7-4-8-16-34)26-27-42(48(47)49)50(37-23-21-33(22-24-37)32-13-5-3-6-14-32)38-25-28-43-46(31-38)52-45-30-36-18-10-9-17-35(36)29-44(45)51-43/h3-31H,1-2H3. The number of benzene rings is 8. The minimum atomic E-state index is -0.262. The van der Waals surface area contributed by atoms with Crippen LogP contribution in [0.2, 0.25) is 0 Å². The summed E-state index contributed by atoms with van der Waals surface area (Å²) in [6, 6.07) is 62.4. The quantitative estimate of drug-likeness (QED) is 0.182. The molecule has 3 heteroatoms. The zero-order chi connectivity index (χ0) is 34.8. The maximum atomic E-state index is 6.63. The number of rotatable bonds is 5. The average Bonchev–Trinajstić information content (AvgIpc) is 3.44. The molecule has 0 aromatic heterocycles. The Bertz CT molecular complexity index is 2640. The zero-order valence-corrected chi connectivity index (χ0v) is 29.0. The molecule has 52 heavy (non-hydrogen) atoms. The van der Waals surface area contributed by atoms with E-state index in [0.717, 1.165) is 33.6 Å². The molecule has 2 aliphatic rings. The molecular weight excluding hydrogens is 635 g/mol. The van der Waals surface area contributed by atoms with Gasteiger partial charge in [-0.2, -0.15) is 0 Å². The van der Waals surface area contributed by atoms with E-state index in [1.165, 1.54) is 44.5 Å². The highest BCUT2D eigenvalue weighted by atomic mass is 16.6. The minimum absolute atomic E-state index is 0.262. The van der Waals surface area contributed by atoms with Gasteiger partial charge in [-0.15, -0.1) is 0 Å². The first-order valence-corrected chi connectivity index (χ1v) is 17.8. The summed E-state index contributed by atoms with van der Waals surface area (Å²) in [4.78, 5) is 2.38. The van der Waals surface area contributed by atoms with E-state index in [0.29, 0.717) is 17.2 Å². The monoisotopic (exact) mass is 669 g/mol. The van der Waals surface area contributed by atoms with Crippen molar-refractivity contribution in [2.45, 2.75) is 19.3 Å². The Morgan fingerprint density at radius 3 is 1.69 bits per heavy atom. The molecule has 1 heterocycles. The van der Waals surface area contributed by atoms with Crippen LogP contribution in [-0.4, -0.2) is 0 Å². The normalized spacial score (nSPS) is 13.3. The molecule has 8 aromatic rings. The molecule has 0 atom stereocenters. The van der Waals surface area contributed by atoms with Crippen LogP contribution in [-0.2, 0) is 5.41 Å². The molecule has 0 spiro atoms. The van der Waals surface area contributed by atoms with Crippen LogP contribution in [0.15, 0.2) is 176 Å². The molecule has 0 radical (unpaired) electrons. The summed E-state index contributed by atoms with van der Waals surface area (Å²) >= 11 is 0. The van der Waals surface area contributed by atoms with Crippen molar-refractivity contribution in [2.75, 3.05) is 4.90 Å². The fraction of sp³-hybridized carbons (Fsp3) is 0.0612. The molecule has 1 aliphatic heterocycles. The van der Waals surface area contributed by atoms with E-state index in [2.05, 4.69) is 176 Å². The third-order valence-corrected chi connectivity index (χ3v) is 10.7. The number of anilines is 3. The Hall–Kier alpha value is -6.58. The van der Waals surface area contributed by atoms with Crippen molar-refractivity contribution in [1.29, 1.82) is 0 Å². The molecule has 0 N–H and O–H groups in total. The number of hydrogen-bond donors (Lipinski definition) is 0. The van der Waals surface area contributed by atoms with Gasteiger partial charge in [0, 0.05) is 17.2 Å². The molecule has 0 saturated heterocycles. The number of fused-ring (bicyclic) bond motifs is 6. The lowest BCUT2D eigenvalue weighted by Gasteiger charge is -2.33. The summed E-state index contributed by atoms with van der Waals surface area (Å²) in [5.74, 6) is 2.82. The second kappa shape index (κ2) is 11.8. The molecule has 1 aliphatic carbocycles. The van der Waals surface area contributed by atoms with Gasteiger partial charge in [0.05, 0.1) is 11.4 Å². The highest BCUT2D eigenvalue weighted by molar-refractivity contribution is 5.98. The highest BCUT2D eigenvalue weighted by Gasteiger charge is 2.40. The third-order valence-electron chi connectivity index (χ3n) is 10.7. The van der Waals surface area contributed by atoms with Crippen LogP contribution in [0, 0.1) is 0 Å². The maximum Gasteiger partial charge on any atom is 0.172 e. The lowest BCUT2D eigenvalue weighted by Crippen LogP contribution is -2.21. The summed E-state index contributed by atoms with van der Waals surface area (Å²) in [6.07, 6.45) is 0. The van der Waals surface area contributed by atoms with Crippen molar-refractivity contribution in [3.05, 3.63) is 187 Å². The number of nitrogens with zero attached hydrogens (tertiary/aromatic N) is 1. The van der Waals surface area contributed by atoms with E-state index in [1.807, 2.05) is 18.2 Å². The third kappa shape index (κ3) is 4.81. The van der Waals surface area contributed by atoms with Crippen molar-refractivity contribution < 1.29 is 9.47 Å². The van der Waals surface area contributed by atoms with E-state index < -0.39 is 0 Å². The molecule has 0 saturated carbocycles. The first kappa shape index (κ1) is 30.3. The predicted molar refractivity (Wildman–Crippen MR) is 214 cm³/mol. The van der Waals surface area contributed by atoms with Crippen molar-refractivity contribution >= 4 is 27.8 Å². The van der Waals surface area contributed by atoms with Crippen molar-refractivity contribution in [3.8, 4) is 56.4 Å². The molecule has 8 aromatic carbocycles. The molecule has 3 nitrogen and oxygen atoms in total. The summed E-state index contributed by atoms with van der Waals surface area (Å²) < 4.78 is 13.1. The summed E-state index contributed by atoms with van der Waals surface area (Å²) in [6.45, 7) is 4.72. The van der Waals surface area contributed by atoms with E-state index in [4.69, 9.17) is 9.47 Å². The van der Waals surface area contributed by atoms with Crippen molar-refractivity contribution in [1.82, 2.24) is 0 Å². The van der Waals surface area contributed by atoms with Crippen LogP contribution in [0.25, 0.3) is 44.2 Å². The fourth-order valence-corrected chi connectivity index (χ4v) is 8.19. The second-order valence-corrected chi connectivity index (χ2v) is 14.1. The van der Waals surface area contributed by atoms with Crippen LogP contribution in [0.5, 0.6) is 23.0 Å². The molecule has 0 bridgehead atoms. The summed E-state index contributed by atoms with van der Waals surface area (Å²) in [5.41, 5.74) is 12.9. The van der Waals surface area contributed by atoms with Gasteiger partial charge < -0.3 is 14.4 Å². The summed E-state index contributed by atoms with van der Waals surface area (Å²) in [5, 5.41) is 2.23. The smallest absolute Gasteiger partial charge is 0.172 e. The van der Waals surface area contributed by atoms with E-state index in [-0.39, 0.29) is 5.41 Å². The van der Waals surface area contributed by atoms with Gasteiger partial charge in [0.25, 0.3) is 0 Å². The Kier molecular flexibility index (Phi) is 6.84. The van der Waals surface area contributed by atoms with Gasteiger partial charge in [-0.3, -0.25) is 0 Å². The molecule has 0 fully saturated rings. The first-order chi connectivity index (χ1) is 25.5. The second-order valence-electron chi connectivity index (χ2n) is 14.1. The molecule has 0 unspecified atom stereocenters. The van der Waals surface area contributed by atoms with Crippen LogP contribution in [0.4, 0.5) is 17.1 Å². The van der Waals surface area contributed by atoms with Crippen LogP contribution < -0.4 is 14.4 Å². The number of hydrogen-bond acceptors (Lipinski definition) is 3. The molecule has 248 valence electrons. The molecular formula is C49H35NO2. The van der Waals surface area contributed by atoms with Gasteiger partial charge in [0.2, 0.25) is 0 Å². The van der Waals surface area contributed by atoms with Gasteiger partial charge in [-0.1, -0.05) is 141 Å². The fourth-order valence-electron chi connectivity index (χ4n) is 8.19. The van der Waals surface area contributed by atoms with Gasteiger partial charge in [-0.05, 0) is 97.7 Å². The van der Waals surface area contributed by atoms with E-state index in [1.54, 1.807) is 0 Å².